The Morgan fingerprint density at radius 1 is 1.25 bits per heavy atom. The minimum atomic E-state index is 0.0310. The molecule has 5 nitrogen and oxygen atoms in total. The summed E-state index contributed by atoms with van der Waals surface area (Å²) in [4.78, 5) is 13.7. The maximum atomic E-state index is 11.5. The van der Waals surface area contributed by atoms with Gasteiger partial charge in [0.05, 0.1) is 13.2 Å². The van der Waals surface area contributed by atoms with E-state index in [0.29, 0.717) is 26.2 Å². The van der Waals surface area contributed by atoms with Crippen LogP contribution in [-0.2, 0) is 9.53 Å². The standard InChI is InChI=1S/C15H25N3O2/c1-18(14-7-4-3-5-8-14)11-6-9-17-15(19)13-16-10-12-20-2/h3-5,7-8,16H,6,9-13H2,1-2H3,(H,17,19). The summed E-state index contributed by atoms with van der Waals surface area (Å²) in [5.41, 5.74) is 1.19. The Balaban J connectivity index is 2.05. The van der Waals surface area contributed by atoms with Crippen molar-refractivity contribution in [3.63, 3.8) is 0 Å². The fourth-order valence-electron chi connectivity index (χ4n) is 1.79. The third-order valence-electron chi connectivity index (χ3n) is 2.96. The number of carbonyl (C=O) groups is 1. The van der Waals surface area contributed by atoms with Crippen molar-refractivity contribution in [2.75, 3.05) is 51.8 Å². The van der Waals surface area contributed by atoms with Crippen LogP contribution in [0.25, 0.3) is 0 Å². The lowest BCUT2D eigenvalue weighted by Crippen LogP contribution is -2.36. The van der Waals surface area contributed by atoms with Gasteiger partial charge in [-0.15, -0.1) is 0 Å². The van der Waals surface area contributed by atoms with Gasteiger partial charge in [0.15, 0.2) is 0 Å². The zero-order valence-electron chi connectivity index (χ0n) is 12.4. The molecule has 0 spiro atoms. The van der Waals surface area contributed by atoms with Gasteiger partial charge >= 0.3 is 0 Å². The van der Waals surface area contributed by atoms with Crippen molar-refractivity contribution in [1.29, 1.82) is 0 Å². The molecular formula is C15H25N3O2. The highest BCUT2D eigenvalue weighted by Crippen LogP contribution is 2.10. The minimum Gasteiger partial charge on any atom is -0.383 e. The molecule has 5 heteroatoms. The summed E-state index contributed by atoms with van der Waals surface area (Å²) >= 11 is 0. The summed E-state index contributed by atoms with van der Waals surface area (Å²) in [6.07, 6.45) is 0.926. The number of benzene rings is 1. The van der Waals surface area contributed by atoms with Crippen LogP contribution in [-0.4, -0.2) is 52.9 Å². The SMILES string of the molecule is COCCNCC(=O)NCCCN(C)c1ccccc1. The molecule has 1 aromatic rings. The molecule has 0 radical (unpaired) electrons. The van der Waals surface area contributed by atoms with Crippen molar-refractivity contribution < 1.29 is 9.53 Å². The first kappa shape index (κ1) is 16.5. The van der Waals surface area contributed by atoms with Gasteiger partial charge in [-0.25, -0.2) is 0 Å². The molecule has 0 saturated heterocycles. The topological polar surface area (TPSA) is 53.6 Å². The van der Waals surface area contributed by atoms with E-state index in [4.69, 9.17) is 4.74 Å². The monoisotopic (exact) mass is 279 g/mol. The van der Waals surface area contributed by atoms with E-state index in [1.165, 1.54) is 5.69 Å². The number of ether oxygens (including phenoxy) is 1. The van der Waals surface area contributed by atoms with Gasteiger partial charge in [-0.1, -0.05) is 18.2 Å². The number of amides is 1. The molecule has 0 fully saturated rings. The average Bonchev–Trinajstić information content (AvgIpc) is 2.49. The Hall–Kier alpha value is -1.59. The lowest BCUT2D eigenvalue weighted by Gasteiger charge is -2.19. The van der Waals surface area contributed by atoms with E-state index in [9.17, 15) is 4.79 Å². The molecular weight excluding hydrogens is 254 g/mol. The molecule has 2 N–H and O–H groups in total. The van der Waals surface area contributed by atoms with E-state index < -0.39 is 0 Å². The van der Waals surface area contributed by atoms with Gasteiger partial charge in [0.25, 0.3) is 0 Å². The third-order valence-corrected chi connectivity index (χ3v) is 2.96. The Morgan fingerprint density at radius 2 is 2.00 bits per heavy atom. The third kappa shape index (κ3) is 7.11. The van der Waals surface area contributed by atoms with Crippen molar-refractivity contribution in [3.05, 3.63) is 30.3 Å². The predicted octanol–water partition coefficient (Wildman–Crippen LogP) is 0.865. The van der Waals surface area contributed by atoms with E-state index in [2.05, 4.69) is 34.7 Å². The summed E-state index contributed by atoms with van der Waals surface area (Å²) < 4.78 is 4.89. The van der Waals surface area contributed by atoms with Gasteiger partial charge < -0.3 is 20.3 Å². The second-order valence-corrected chi connectivity index (χ2v) is 4.63. The zero-order chi connectivity index (χ0) is 14.6. The first-order valence-electron chi connectivity index (χ1n) is 6.96. The minimum absolute atomic E-state index is 0.0310. The predicted molar refractivity (Wildman–Crippen MR) is 82.1 cm³/mol. The number of para-hydroxylation sites is 1. The molecule has 112 valence electrons. The van der Waals surface area contributed by atoms with Crippen molar-refractivity contribution >= 4 is 11.6 Å². The second-order valence-electron chi connectivity index (χ2n) is 4.63. The van der Waals surface area contributed by atoms with E-state index in [1.807, 2.05) is 18.2 Å². The van der Waals surface area contributed by atoms with Crippen molar-refractivity contribution in [1.82, 2.24) is 10.6 Å². The van der Waals surface area contributed by atoms with Crippen LogP contribution in [0.5, 0.6) is 0 Å². The van der Waals surface area contributed by atoms with Crippen LogP contribution in [0.4, 0.5) is 5.69 Å². The highest BCUT2D eigenvalue weighted by molar-refractivity contribution is 5.77. The molecule has 0 aliphatic heterocycles. The van der Waals surface area contributed by atoms with Crippen LogP contribution >= 0.6 is 0 Å². The first-order chi connectivity index (χ1) is 9.74. The van der Waals surface area contributed by atoms with Crippen LogP contribution < -0.4 is 15.5 Å². The number of hydrogen-bond donors (Lipinski definition) is 2. The van der Waals surface area contributed by atoms with Crippen LogP contribution in [0.2, 0.25) is 0 Å². The normalized spacial score (nSPS) is 10.3. The van der Waals surface area contributed by atoms with E-state index >= 15 is 0 Å². The number of rotatable bonds is 10. The molecule has 0 atom stereocenters. The van der Waals surface area contributed by atoms with E-state index in [-0.39, 0.29) is 5.91 Å². The lowest BCUT2D eigenvalue weighted by atomic mass is 10.3. The fraction of sp³-hybridized carbons (Fsp3) is 0.533. The molecule has 0 heterocycles. The Kier molecular flexibility index (Phi) is 8.42. The zero-order valence-corrected chi connectivity index (χ0v) is 12.4. The van der Waals surface area contributed by atoms with Gasteiger partial charge in [0.2, 0.25) is 5.91 Å². The largest absolute Gasteiger partial charge is 0.383 e. The van der Waals surface area contributed by atoms with Crippen molar-refractivity contribution in [2.24, 2.45) is 0 Å². The molecule has 0 saturated carbocycles. The van der Waals surface area contributed by atoms with Crippen molar-refractivity contribution in [3.8, 4) is 0 Å². The Morgan fingerprint density at radius 3 is 2.70 bits per heavy atom. The van der Waals surface area contributed by atoms with E-state index in [1.54, 1.807) is 7.11 Å². The molecule has 0 aromatic heterocycles. The maximum Gasteiger partial charge on any atom is 0.233 e. The maximum absolute atomic E-state index is 11.5. The van der Waals surface area contributed by atoms with Crippen LogP contribution in [0.3, 0.4) is 0 Å². The fourth-order valence-corrected chi connectivity index (χ4v) is 1.79. The average molecular weight is 279 g/mol. The quantitative estimate of drug-likeness (QED) is 0.624. The Bertz CT molecular complexity index is 371. The second kappa shape index (κ2) is 10.2. The van der Waals surface area contributed by atoms with Gasteiger partial charge in [0.1, 0.15) is 0 Å². The molecule has 1 rings (SSSR count). The number of anilines is 1. The summed E-state index contributed by atoms with van der Waals surface area (Å²) in [6, 6.07) is 10.2. The van der Waals surface area contributed by atoms with Gasteiger partial charge in [-0.3, -0.25) is 4.79 Å². The summed E-state index contributed by atoms with van der Waals surface area (Å²) in [6.45, 7) is 3.27. The number of methoxy groups -OCH3 is 1. The van der Waals surface area contributed by atoms with Crippen molar-refractivity contribution in [2.45, 2.75) is 6.42 Å². The molecule has 0 unspecified atom stereocenters. The number of nitrogens with one attached hydrogen (secondary N) is 2. The van der Waals surface area contributed by atoms with Gasteiger partial charge in [0, 0.05) is 39.5 Å². The lowest BCUT2D eigenvalue weighted by molar-refractivity contribution is -0.120. The summed E-state index contributed by atoms with van der Waals surface area (Å²) in [5, 5.41) is 5.91. The molecule has 0 aliphatic carbocycles. The van der Waals surface area contributed by atoms with E-state index in [0.717, 1.165) is 13.0 Å². The first-order valence-corrected chi connectivity index (χ1v) is 6.96. The molecule has 1 amide bonds. The molecule has 0 bridgehead atoms. The molecule has 1 aromatic carbocycles. The number of nitrogens with zero attached hydrogens (tertiary/aromatic N) is 1. The number of hydrogen-bond acceptors (Lipinski definition) is 4. The summed E-state index contributed by atoms with van der Waals surface area (Å²) in [5.74, 6) is 0.0310. The smallest absolute Gasteiger partial charge is 0.233 e. The van der Waals surface area contributed by atoms with Crippen LogP contribution in [0.1, 0.15) is 6.42 Å². The molecule has 20 heavy (non-hydrogen) atoms. The van der Waals surface area contributed by atoms with Crippen LogP contribution in [0, 0.1) is 0 Å². The van der Waals surface area contributed by atoms with Crippen LogP contribution in [0.15, 0.2) is 30.3 Å². The molecule has 0 aliphatic rings. The summed E-state index contributed by atoms with van der Waals surface area (Å²) in [7, 11) is 3.70. The number of carbonyl (C=O) groups excluding carboxylic acids is 1. The highest BCUT2D eigenvalue weighted by atomic mass is 16.5. The van der Waals surface area contributed by atoms with Gasteiger partial charge in [-0.2, -0.15) is 0 Å². The highest BCUT2D eigenvalue weighted by Gasteiger charge is 2.01. The van der Waals surface area contributed by atoms with Gasteiger partial charge in [-0.05, 0) is 18.6 Å². The Labute approximate surface area is 121 Å².